The Balaban J connectivity index is 0.000000720. The number of nitrogen functional groups attached to an aromatic ring is 1. The number of anilines is 1. The molecule has 0 spiro atoms. The van der Waals surface area contributed by atoms with Crippen molar-refractivity contribution in [2.45, 2.75) is 18.4 Å². The summed E-state index contributed by atoms with van der Waals surface area (Å²) in [6.45, 7) is 0. The first-order valence-electron chi connectivity index (χ1n) is 3.86. The Hall–Kier alpha value is -0.730. The van der Waals surface area contributed by atoms with E-state index in [0.29, 0.717) is 0 Å². The molecule has 0 aromatic heterocycles. The van der Waals surface area contributed by atoms with Crippen molar-refractivity contribution in [3.05, 3.63) is 29.8 Å². The highest BCUT2D eigenvalue weighted by molar-refractivity contribution is 5.85. The third-order valence-corrected chi connectivity index (χ3v) is 2.25. The van der Waals surface area contributed by atoms with Crippen LogP contribution in [0.15, 0.2) is 24.3 Å². The molecule has 2 rings (SSSR count). The van der Waals surface area contributed by atoms with Crippen LogP contribution in [0.2, 0.25) is 0 Å². The van der Waals surface area contributed by atoms with E-state index in [1.807, 2.05) is 24.3 Å². The predicted octanol–water partition coefficient (Wildman–Crippen LogP) is 1.64. The van der Waals surface area contributed by atoms with E-state index in [4.69, 9.17) is 11.5 Å². The molecule has 66 valence electrons. The molecule has 0 atom stereocenters. The second-order valence-electron chi connectivity index (χ2n) is 3.28. The zero-order chi connectivity index (χ0) is 7.90. The van der Waals surface area contributed by atoms with Crippen LogP contribution in [0.3, 0.4) is 0 Å². The van der Waals surface area contributed by atoms with Crippen molar-refractivity contribution in [3.8, 4) is 0 Å². The highest BCUT2D eigenvalue weighted by atomic mass is 35.5. The number of halogens is 1. The van der Waals surface area contributed by atoms with Crippen LogP contribution in [0.1, 0.15) is 18.4 Å². The van der Waals surface area contributed by atoms with Crippen LogP contribution in [0.25, 0.3) is 0 Å². The first kappa shape index (κ1) is 9.36. The molecule has 0 radical (unpaired) electrons. The van der Waals surface area contributed by atoms with Crippen molar-refractivity contribution in [1.82, 2.24) is 0 Å². The summed E-state index contributed by atoms with van der Waals surface area (Å²) < 4.78 is 0. The fourth-order valence-corrected chi connectivity index (χ4v) is 1.27. The molecular formula is C9H13ClN2. The van der Waals surface area contributed by atoms with Crippen molar-refractivity contribution in [2.24, 2.45) is 5.73 Å². The molecule has 0 amide bonds. The van der Waals surface area contributed by atoms with E-state index >= 15 is 0 Å². The van der Waals surface area contributed by atoms with Crippen LogP contribution in [0.5, 0.6) is 0 Å². The molecule has 1 aromatic carbocycles. The second kappa shape index (κ2) is 2.96. The molecule has 0 bridgehead atoms. The molecular weight excluding hydrogens is 172 g/mol. The van der Waals surface area contributed by atoms with E-state index in [2.05, 4.69) is 0 Å². The summed E-state index contributed by atoms with van der Waals surface area (Å²) in [5.41, 5.74) is 13.5. The van der Waals surface area contributed by atoms with Gasteiger partial charge in [-0.25, -0.2) is 0 Å². The SMILES string of the molecule is Cl.Nc1cccc(C2(N)CC2)c1. The van der Waals surface area contributed by atoms with Gasteiger partial charge < -0.3 is 11.5 Å². The van der Waals surface area contributed by atoms with E-state index in [1.165, 1.54) is 5.56 Å². The standard InChI is InChI=1S/C9H12N2.ClH/c10-8-3-1-2-7(6-8)9(11)4-5-9;/h1-3,6H,4-5,10-11H2;1H. The first-order valence-corrected chi connectivity index (χ1v) is 3.86. The monoisotopic (exact) mass is 184 g/mol. The van der Waals surface area contributed by atoms with Crippen LogP contribution in [-0.2, 0) is 5.54 Å². The Morgan fingerprint density at radius 3 is 2.42 bits per heavy atom. The predicted molar refractivity (Wildman–Crippen MR) is 53.2 cm³/mol. The normalized spacial score (nSPS) is 18.1. The fourth-order valence-electron chi connectivity index (χ4n) is 1.27. The van der Waals surface area contributed by atoms with Crippen LogP contribution in [-0.4, -0.2) is 0 Å². The highest BCUT2D eigenvalue weighted by Crippen LogP contribution is 2.42. The topological polar surface area (TPSA) is 52.0 Å². The summed E-state index contributed by atoms with van der Waals surface area (Å²) in [6, 6.07) is 7.85. The maximum atomic E-state index is 5.98. The van der Waals surface area contributed by atoms with Gasteiger partial charge in [-0.2, -0.15) is 0 Å². The number of nitrogens with two attached hydrogens (primary N) is 2. The first-order chi connectivity index (χ1) is 5.21. The molecule has 3 heteroatoms. The lowest BCUT2D eigenvalue weighted by atomic mass is 10.1. The number of hydrogen-bond acceptors (Lipinski definition) is 2. The zero-order valence-corrected chi connectivity index (χ0v) is 7.60. The van der Waals surface area contributed by atoms with Gasteiger partial charge in [-0.15, -0.1) is 12.4 Å². The lowest BCUT2D eigenvalue weighted by Crippen LogP contribution is -2.18. The molecule has 4 N–H and O–H groups in total. The van der Waals surface area contributed by atoms with Crippen molar-refractivity contribution in [2.75, 3.05) is 5.73 Å². The summed E-state index contributed by atoms with van der Waals surface area (Å²) in [5.74, 6) is 0. The van der Waals surface area contributed by atoms with Gasteiger partial charge in [0.15, 0.2) is 0 Å². The van der Waals surface area contributed by atoms with Crippen LogP contribution in [0, 0.1) is 0 Å². The lowest BCUT2D eigenvalue weighted by molar-refractivity contribution is 0.740. The Kier molecular flexibility index (Phi) is 2.31. The minimum Gasteiger partial charge on any atom is -0.399 e. The quantitative estimate of drug-likeness (QED) is 0.652. The van der Waals surface area contributed by atoms with E-state index in [1.54, 1.807) is 0 Å². The van der Waals surface area contributed by atoms with Gasteiger partial charge in [-0.05, 0) is 30.5 Å². The number of hydrogen-bond donors (Lipinski definition) is 2. The van der Waals surface area contributed by atoms with Gasteiger partial charge in [0, 0.05) is 11.2 Å². The molecule has 1 fully saturated rings. The zero-order valence-electron chi connectivity index (χ0n) is 6.79. The molecule has 12 heavy (non-hydrogen) atoms. The van der Waals surface area contributed by atoms with E-state index in [9.17, 15) is 0 Å². The Bertz CT molecular complexity index is 282. The summed E-state index contributed by atoms with van der Waals surface area (Å²) in [4.78, 5) is 0. The lowest BCUT2D eigenvalue weighted by Gasteiger charge is -2.08. The molecule has 1 aromatic rings. The maximum Gasteiger partial charge on any atom is 0.0412 e. The van der Waals surface area contributed by atoms with Crippen LogP contribution >= 0.6 is 12.4 Å². The fraction of sp³-hybridized carbons (Fsp3) is 0.333. The molecule has 0 saturated heterocycles. The molecule has 1 aliphatic rings. The van der Waals surface area contributed by atoms with E-state index < -0.39 is 0 Å². The summed E-state index contributed by atoms with van der Waals surface area (Å²) >= 11 is 0. The minimum absolute atomic E-state index is 0. The Morgan fingerprint density at radius 1 is 1.25 bits per heavy atom. The van der Waals surface area contributed by atoms with Crippen molar-refractivity contribution >= 4 is 18.1 Å². The Morgan fingerprint density at radius 2 is 1.92 bits per heavy atom. The van der Waals surface area contributed by atoms with Gasteiger partial charge in [0.1, 0.15) is 0 Å². The van der Waals surface area contributed by atoms with Gasteiger partial charge in [-0.1, -0.05) is 12.1 Å². The van der Waals surface area contributed by atoms with Gasteiger partial charge in [0.25, 0.3) is 0 Å². The second-order valence-corrected chi connectivity index (χ2v) is 3.28. The van der Waals surface area contributed by atoms with Gasteiger partial charge >= 0.3 is 0 Å². The molecule has 0 unspecified atom stereocenters. The third kappa shape index (κ3) is 1.54. The molecule has 0 heterocycles. The Labute approximate surface area is 78.4 Å². The summed E-state index contributed by atoms with van der Waals surface area (Å²) in [5, 5.41) is 0. The largest absolute Gasteiger partial charge is 0.399 e. The molecule has 1 aliphatic carbocycles. The summed E-state index contributed by atoms with van der Waals surface area (Å²) in [6.07, 6.45) is 2.19. The maximum absolute atomic E-state index is 5.98. The molecule has 1 saturated carbocycles. The van der Waals surface area contributed by atoms with Gasteiger partial charge in [0.05, 0.1) is 0 Å². The average Bonchev–Trinajstić information content (AvgIpc) is 2.70. The molecule has 2 nitrogen and oxygen atoms in total. The highest BCUT2D eigenvalue weighted by Gasteiger charge is 2.39. The number of benzene rings is 1. The van der Waals surface area contributed by atoms with Crippen LogP contribution in [0.4, 0.5) is 5.69 Å². The van der Waals surface area contributed by atoms with Gasteiger partial charge in [-0.3, -0.25) is 0 Å². The smallest absolute Gasteiger partial charge is 0.0412 e. The van der Waals surface area contributed by atoms with Crippen molar-refractivity contribution < 1.29 is 0 Å². The van der Waals surface area contributed by atoms with E-state index in [-0.39, 0.29) is 17.9 Å². The number of rotatable bonds is 1. The van der Waals surface area contributed by atoms with Gasteiger partial charge in [0.2, 0.25) is 0 Å². The van der Waals surface area contributed by atoms with Crippen LogP contribution < -0.4 is 11.5 Å². The van der Waals surface area contributed by atoms with E-state index in [0.717, 1.165) is 18.5 Å². The van der Waals surface area contributed by atoms with Crippen molar-refractivity contribution in [1.29, 1.82) is 0 Å². The van der Waals surface area contributed by atoms with Crippen molar-refractivity contribution in [3.63, 3.8) is 0 Å². The average molecular weight is 185 g/mol. The summed E-state index contributed by atoms with van der Waals surface area (Å²) in [7, 11) is 0. The third-order valence-electron chi connectivity index (χ3n) is 2.25. The molecule has 0 aliphatic heterocycles. The minimum atomic E-state index is -0.0462.